The molecule has 0 N–H and O–H groups in total. The number of hydrogen-bond acceptors (Lipinski definition) is 2. The van der Waals surface area contributed by atoms with Gasteiger partial charge in [0.05, 0.1) is 6.20 Å². The Balaban J connectivity index is 2.30. The van der Waals surface area contributed by atoms with E-state index < -0.39 is 0 Å². The number of aryl methyl sites for hydroxylation is 1. The fraction of sp³-hybridized carbons (Fsp3) is 0.167. The lowest BCUT2D eigenvalue weighted by atomic mass is 10.1. The molecular weight excluding hydrogens is 191 g/mol. The Labute approximate surface area is 87.8 Å². The Bertz CT molecular complexity index is 425. The Hall–Kier alpha value is -1.77. The second-order valence-corrected chi connectivity index (χ2v) is 3.32. The summed E-state index contributed by atoms with van der Waals surface area (Å²) in [6.07, 6.45) is 4.76. The van der Waals surface area contributed by atoms with Crippen LogP contribution in [0.15, 0.2) is 30.6 Å². The van der Waals surface area contributed by atoms with E-state index in [1.807, 2.05) is 13.0 Å². The average molecular weight is 201 g/mol. The summed E-state index contributed by atoms with van der Waals surface area (Å²) in [6, 6.07) is 6.71. The highest BCUT2D eigenvalue weighted by Crippen LogP contribution is 2.13. The molecule has 0 aliphatic carbocycles. The summed E-state index contributed by atoms with van der Waals surface area (Å²) in [5.74, 6) is -0.200. The van der Waals surface area contributed by atoms with E-state index in [0.717, 1.165) is 11.3 Å². The molecule has 0 spiro atoms. The van der Waals surface area contributed by atoms with Crippen molar-refractivity contribution in [2.45, 2.75) is 13.3 Å². The van der Waals surface area contributed by atoms with E-state index in [1.165, 1.54) is 12.4 Å². The summed E-state index contributed by atoms with van der Waals surface area (Å²) in [6.45, 7) is 1.87. The van der Waals surface area contributed by atoms with Crippen LogP contribution in [0.25, 0.3) is 0 Å². The van der Waals surface area contributed by atoms with E-state index in [0.29, 0.717) is 12.0 Å². The molecule has 75 valence electrons. The van der Waals surface area contributed by atoms with Crippen molar-refractivity contribution >= 4 is 0 Å². The SMILES string of the molecule is Cc1ncn[c]c1Cc1ccccc1F. The van der Waals surface area contributed by atoms with Crippen LogP contribution >= 0.6 is 0 Å². The van der Waals surface area contributed by atoms with E-state index in [-0.39, 0.29) is 5.82 Å². The normalized spacial score (nSPS) is 10.3. The minimum atomic E-state index is -0.200. The van der Waals surface area contributed by atoms with Crippen LogP contribution in [0.5, 0.6) is 0 Å². The smallest absolute Gasteiger partial charge is 0.126 e. The summed E-state index contributed by atoms with van der Waals surface area (Å²) in [4.78, 5) is 7.85. The second kappa shape index (κ2) is 4.17. The van der Waals surface area contributed by atoms with Crippen LogP contribution in [0.3, 0.4) is 0 Å². The molecule has 3 heteroatoms. The molecule has 0 fully saturated rings. The molecule has 2 nitrogen and oxygen atoms in total. The van der Waals surface area contributed by atoms with Gasteiger partial charge in [-0.2, -0.15) is 0 Å². The van der Waals surface area contributed by atoms with Gasteiger partial charge in [0.2, 0.25) is 0 Å². The Morgan fingerprint density at radius 2 is 2.13 bits per heavy atom. The Morgan fingerprint density at radius 1 is 1.33 bits per heavy atom. The molecule has 0 unspecified atom stereocenters. The maximum absolute atomic E-state index is 13.4. The van der Waals surface area contributed by atoms with E-state index >= 15 is 0 Å². The molecule has 1 radical (unpaired) electrons. The minimum absolute atomic E-state index is 0.200. The van der Waals surface area contributed by atoms with E-state index in [4.69, 9.17) is 0 Å². The van der Waals surface area contributed by atoms with E-state index in [9.17, 15) is 4.39 Å². The van der Waals surface area contributed by atoms with Gasteiger partial charge in [0.25, 0.3) is 0 Å². The van der Waals surface area contributed by atoms with Crippen LogP contribution in [0.4, 0.5) is 4.39 Å². The zero-order valence-corrected chi connectivity index (χ0v) is 8.37. The number of nitrogens with zero attached hydrogens (tertiary/aromatic N) is 2. The van der Waals surface area contributed by atoms with E-state index in [1.54, 1.807) is 12.1 Å². The maximum atomic E-state index is 13.4. The highest BCUT2D eigenvalue weighted by molar-refractivity contribution is 5.26. The lowest BCUT2D eigenvalue weighted by Crippen LogP contribution is -1.98. The van der Waals surface area contributed by atoms with Gasteiger partial charge in [0, 0.05) is 17.7 Å². The van der Waals surface area contributed by atoms with Crippen molar-refractivity contribution in [3.05, 3.63) is 59.4 Å². The van der Waals surface area contributed by atoms with Gasteiger partial charge in [-0.15, -0.1) is 0 Å². The third-order valence-electron chi connectivity index (χ3n) is 2.27. The largest absolute Gasteiger partial charge is 0.241 e. The lowest BCUT2D eigenvalue weighted by molar-refractivity contribution is 0.613. The van der Waals surface area contributed by atoms with Gasteiger partial charge in [-0.1, -0.05) is 18.2 Å². The molecular formula is C12H10FN2. The summed E-state index contributed by atoms with van der Waals surface area (Å²) in [7, 11) is 0. The minimum Gasteiger partial charge on any atom is -0.241 e. The van der Waals surface area contributed by atoms with Crippen LogP contribution in [-0.4, -0.2) is 9.97 Å². The molecule has 0 amide bonds. The molecule has 2 aromatic rings. The van der Waals surface area contributed by atoms with Crippen molar-refractivity contribution in [3.8, 4) is 0 Å². The molecule has 1 aromatic carbocycles. The van der Waals surface area contributed by atoms with Crippen LogP contribution in [-0.2, 0) is 6.42 Å². The molecule has 0 aliphatic heterocycles. The predicted molar refractivity (Wildman–Crippen MR) is 54.8 cm³/mol. The topological polar surface area (TPSA) is 25.8 Å². The van der Waals surface area contributed by atoms with Crippen molar-refractivity contribution in [1.29, 1.82) is 0 Å². The summed E-state index contributed by atoms with van der Waals surface area (Å²) >= 11 is 0. The fourth-order valence-electron chi connectivity index (χ4n) is 1.38. The van der Waals surface area contributed by atoms with Crippen molar-refractivity contribution in [2.24, 2.45) is 0 Å². The van der Waals surface area contributed by atoms with Crippen LogP contribution < -0.4 is 0 Å². The zero-order valence-electron chi connectivity index (χ0n) is 8.37. The molecule has 0 atom stereocenters. The summed E-state index contributed by atoms with van der Waals surface area (Å²) in [5, 5.41) is 0. The number of rotatable bonds is 2. The molecule has 2 rings (SSSR count). The highest BCUT2D eigenvalue weighted by Gasteiger charge is 2.05. The molecule has 15 heavy (non-hydrogen) atoms. The third kappa shape index (κ3) is 2.18. The van der Waals surface area contributed by atoms with Gasteiger partial charge >= 0.3 is 0 Å². The summed E-state index contributed by atoms with van der Waals surface area (Å²) < 4.78 is 13.4. The van der Waals surface area contributed by atoms with Gasteiger partial charge < -0.3 is 0 Å². The first-order valence-electron chi connectivity index (χ1n) is 4.69. The first-order valence-corrected chi connectivity index (χ1v) is 4.69. The number of aromatic nitrogens is 2. The van der Waals surface area contributed by atoms with Gasteiger partial charge in [0.15, 0.2) is 0 Å². The van der Waals surface area contributed by atoms with Gasteiger partial charge in [-0.3, -0.25) is 0 Å². The van der Waals surface area contributed by atoms with Crippen LogP contribution in [0.2, 0.25) is 0 Å². The molecule has 1 aromatic heterocycles. The molecule has 0 saturated heterocycles. The van der Waals surface area contributed by atoms with Gasteiger partial charge in [0.1, 0.15) is 12.1 Å². The third-order valence-corrected chi connectivity index (χ3v) is 2.27. The zero-order chi connectivity index (χ0) is 10.7. The second-order valence-electron chi connectivity index (χ2n) is 3.32. The molecule has 0 saturated carbocycles. The average Bonchev–Trinajstić information content (AvgIpc) is 2.24. The standard InChI is InChI=1S/C12H10FN2/c1-9-11(7-14-8-15-9)6-10-4-2-3-5-12(10)13/h2-5,8H,6H2,1H3. The van der Waals surface area contributed by atoms with Crippen molar-refractivity contribution in [1.82, 2.24) is 9.97 Å². The molecule has 0 aliphatic rings. The van der Waals surface area contributed by atoms with Crippen molar-refractivity contribution < 1.29 is 4.39 Å². The Morgan fingerprint density at radius 3 is 2.87 bits per heavy atom. The fourth-order valence-corrected chi connectivity index (χ4v) is 1.38. The van der Waals surface area contributed by atoms with Crippen molar-refractivity contribution in [3.63, 3.8) is 0 Å². The monoisotopic (exact) mass is 201 g/mol. The van der Waals surface area contributed by atoms with Crippen LogP contribution in [0.1, 0.15) is 16.8 Å². The van der Waals surface area contributed by atoms with Crippen molar-refractivity contribution in [2.75, 3.05) is 0 Å². The number of hydrogen-bond donors (Lipinski definition) is 0. The molecule has 0 bridgehead atoms. The van der Waals surface area contributed by atoms with Gasteiger partial charge in [-0.05, 0) is 18.6 Å². The lowest BCUT2D eigenvalue weighted by Gasteiger charge is -2.04. The predicted octanol–water partition coefficient (Wildman–Crippen LogP) is 2.32. The van der Waals surface area contributed by atoms with Crippen LogP contribution in [0, 0.1) is 18.9 Å². The quantitative estimate of drug-likeness (QED) is 0.745. The first kappa shape index (κ1) is 9.77. The van der Waals surface area contributed by atoms with Gasteiger partial charge in [-0.25, -0.2) is 14.4 Å². The van der Waals surface area contributed by atoms with E-state index in [2.05, 4.69) is 16.2 Å². The first-order chi connectivity index (χ1) is 7.27. The Kier molecular flexibility index (Phi) is 2.72. The highest BCUT2D eigenvalue weighted by atomic mass is 19.1. The number of halogens is 1. The number of benzene rings is 1. The maximum Gasteiger partial charge on any atom is 0.126 e. The summed E-state index contributed by atoms with van der Waals surface area (Å²) in [5.41, 5.74) is 2.32. The molecule has 1 heterocycles.